The maximum atomic E-state index is 12.4. The van der Waals surface area contributed by atoms with Gasteiger partial charge in [-0.1, -0.05) is 0 Å². The number of nitrogens with zero attached hydrogens (tertiary/aromatic N) is 5. The minimum absolute atomic E-state index is 0.0311. The van der Waals surface area contributed by atoms with E-state index in [1.807, 2.05) is 19.2 Å². The lowest BCUT2D eigenvalue weighted by molar-refractivity contribution is -0.133. The van der Waals surface area contributed by atoms with E-state index in [-0.39, 0.29) is 18.0 Å². The fraction of sp³-hybridized carbons (Fsp3) is 0.375. The summed E-state index contributed by atoms with van der Waals surface area (Å²) in [6.07, 6.45) is 3.36. The first-order valence-electron chi connectivity index (χ1n) is 7.58. The van der Waals surface area contributed by atoms with Gasteiger partial charge in [0.1, 0.15) is 6.54 Å². The highest BCUT2D eigenvalue weighted by molar-refractivity contribution is 5.76. The molecule has 0 N–H and O–H groups in total. The summed E-state index contributed by atoms with van der Waals surface area (Å²) in [6.45, 7) is 3.04. The summed E-state index contributed by atoms with van der Waals surface area (Å²) in [5, 5.41) is 4.30. The second kappa shape index (κ2) is 6.70. The van der Waals surface area contributed by atoms with E-state index in [0.717, 1.165) is 18.7 Å². The number of rotatable bonds is 3. The molecule has 23 heavy (non-hydrogen) atoms. The van der Waals surface area contributed by atoms with Gasteiger partial charge in [0, 0.05) is 50.2 Å². The van der Waals surface area contributed by atoms with E-state index in [2.05, 4.69) is 15.0 Å². The Morgan fingerprint density at radius 2 is 1.96 bits per heavy atom. The van der Waals surface area contributed by atoms with Crippen molar-refractivity contribution < 1.29 is 4.79 Å². The molecule has 0 unspecified atom stereocenters. The molecule has 0 aromatic carbocycles. The summed E-state index contributed by atoms with van der Waals surface area (Å²) in [7, 11) is 2.03. The fourth-order valence-corrected chi connectivity index (χ4v) is 2.51. The molecular formula is C16H19N5O2. The van der Waals surface area contributed by atoms with Gasteiger partial charge >= 0.3 is 0 Å². The summed E-state index contributed by atoms with van der Waals surface area (Å²) in [4.78, 5) is 32.4. The third kappa shape index (κ3) is 3.62. The van der Waals surface area contributed by atoms with Gasteiger partial charge in [-0.2, -0.15) is 5.10 Å². The van der Waals surface area contributed by atoms with Crippen LogP contribution in [0.25, 0.3) is 11.3 Å². The minimum Gasteiger partial charge on any atom is -0.339 e. The Morgan fingerprint density at radius 1 is 1.17 bits per heavy atom. The van der Waals surface area contributed by atoms with Crippen LogP contribution in [0.2, 0.25) is 0 Å². The van der Waals surface area contributed by atoms with Crippen molar-refractivity contribution in [1.82, 2.24) is 24.6 Å². The first kappa shape index (κ1) is 15.4. The number of hydrogen-bond donors (Lipinski definition) is 0. The average Bonchev–Trinajstić information content (AvgIpc) is 2.58. The lowest BCUT2D eigenvalue weighted by Crippen LogP contribution is -2.48. The van der Waals surface area contributed by atoms with Crippen LogP contribution in [0.15, 0.2) is 41.5 Å². The molecule has 1 fully saturated rings. The summed E-state index contributed by atoms with van der Waals surface area (Å²) >= 11 is 0. The summed E-state index contributed by atoms with van der Waals surface area (Å²) in [5.74, 6) is -0.0731. The van der Waals surface area contributed by atoms with Crippen molar-refractivity contribution in [2.24, 2.45) is 0 Å². The largest absolute Gasteiger partial charge is 0.339 e. The predicted molar refractivity (Wildman–Crippen MR) is 85.8 cm³/mol. The number of carbonyl (C=O) groups excluding carboxylic acids is 1. The highest BCUT2D eigenvalue weighted by Gasteiger charge is 2.20. The third-order valence-electron chi connectivity index (χ3n) is 3.96. The molecule has 3 heterocycles. The van der Waals surface area contributed by atoms with Gasteiger partial charge in [-0.05, 0) is 25.2 Å². The van der Waals surface area contributed by atoms with Crippen molar-refractivity contribution >= 4 is 5.91 Å². The summed E-state index contributed by atoms with van der Waals surface area (Å²) < 4.78 is 1.23. The summed E-state index contributed by atoms with van der Waals surface area (Å²) in [6, 6.07) is 6.76. The highest BCUT2D eigenvalue weighted by Crippen LogP contribution is 2.12. The predicted octanol–water partition coefficient (Wildman–Crippen LogP) is 0.0793. The Kier molecular flexibility index (Phi) is 4.47. The van der Waals surface area contributed by atoms with E-state index in [9.17, 15) is 9.59 Å². The minimum atomic E-state index is -0.278. The van der Waals surface area contributed by atoms with Crippen molar-refractivity contribution in [3.8, 4) is 11.3 Å². The molecule has 2 aromatic rings. The Balaban J connectivity index is 1.77. The van der Waals surface area contributed by atoms with Crippen LogP contribution >= 0.6 is 0 Å². The monoisotopic (exact) mass is 313 g/mol. The number of piperazine rings is 1. The van der Waals surface area contributed by atoms with E-state index >= 15 is 0 Å². The van der Waals surface area contributed by atoms with Crippen LogP contribution in [-0.4, -0.2) is 63.7 Å². The zero-order valence-corrected chi connectivity index (χ0v) is 13.1. The molecule has 0 aliphatic carbocycles. The summed E-state index contributed by atoms with van der Waals surface area (Å²) in [5.41, 5.74) is 1.16. The third-order valence-corrected chi connectivity index (χ3v) is 3.96. The van der Waals surface area contributed by atoms with Crippen molar-refractivity contribution in [2.75, 3.05) is 33.2 Å². The van der Waals surface area contributed by atoms with Gasteiger partial charge in [0.15, 0.2) is 0 Å². The molecule has 7 heteroatoms. The van der Waals surface area contributed by atoms with Crippen molar-refractivity contribution in [1.29, 1.82) is 0 Å². The molecule has 1 aliphatic rings. The van der Waals surface area contributed by atoms with Gasteiger partial charge in [0.2, 0.25) is 5.91 Å². The van der Waals surface area contributed by atoms with Gasteiger partial charge in [-0.3, -0.25) is 14.6 Å². The number of hydrogen-bond acceptors (Lipinski definition) is 5. The molecular weight excluding hydrogens is 294 g/mol. The van der Waals surface area contributed by atoms with Crippen LogP contribution < -0.4 is 5.56 Å². The standard InChI is InChI=1S/C16H19N5O2/c1-19-7-9-20(10-8-19)16(23)12-21-15(22)5-4-14(18-21)13-3-2-6-17-11-13/h2-6,11H,7-10,12H2,1H3. The second-order valence-corrected chi connectivity index (χ2v) is 5.64. The molecule has 0 radical (unpaired) electrons. The lowest BCUT2D eigenvalue weighted by atomic mass is 10.2. The molecule has 1 saturated heterocycles. The first-order valence-corrected chi connectivity index (χ1v) is 7.58. The molecule has 0 saturated carbocycles. The molecule has 3 rings (SSSR count). The molecule has 0 bridgehead atoms. The zero-order valence-electron chi connectivity index (χ0n) is 13.1. The Labute approximate surface area is 134 Å². The van der Waals surface area contributed by atoms with E-state index in [0.29, 0.717) is 18.8 Å². The Hall–Kier alpha value is -2.54. The lowest BCUT2D eigenvalue weighted by Gasteiger charge is -2.32. The Bertz CT molecular complexity index is 736. The van der Waals surface area contributed by atoms with Crippen LogP contribution in [0.4, 0.5) is 0 Å². The fourth-order valence-electron chi connectivity index (χ4n) is 2.51. The molecule has 7 nitrogen and oxygen atoms in total. The maximum absolute atomic E-state index is 12.4. The van der Waals surface area contributed by atoms with Gasteiger partial charge in [0.05, 0.1) is 5.69 Å². The Morgan fingerprint density at radius 3 is 2.65 bits per heavy atom. The highest BCUT2D eigenvalue weighted by atomic mass is 16.2. The smallest absolute Gasteiger partial charge is 0.267 e. The van der Waals surface area contributed by atoms with Crippen molar-refractivity contribution in [3.63, 3.8) is 0 Å². The van der Waals surface area contributed by atoms with Crippen LogP contribution in [0, 0.1) is 0 Å². The van der Waals surface area contributed by atoms with Gasteiger partial charge in [0.25, 0.3) is 5.56 Å². The van der Waals surface area contributed by atoms with Crippen LogP contribution in [0.1, 0.15) is 0 Å². The van der Waals surface area contributed by atoms with E-state index in [1.54, 1.807) is 23.4 Å². The molecule has 0 spiro atoms. The van der Waals surface area contributed by atoms with E-state index < -0.39 is 0 Å². The molecule has 1 aliphatic heterocycles. The van der Waals surface area contributed by atoms with Crippen LogP contribution in [-0.2, 0) is 11.3 Å². The SMILES string of the molecule is CN1CCN(C(=O)Cn2nc(-c3cccnc3)ccc2=O)CC1. The van der Waals surface area contributed by atoms with E-state index in [4.69, 9.17) is 0 Å². The van der Waals surface area contributed by atoms with Crippen LogP contribution in [0.3, 0.4) is 0 Å². The number of likely N-dealkylation sites (N-methyl/N-ethyl adjacent to an activating group) is 1. The molecule has 0 atom stereocenters. The normalized spacial score (nSPS) is 15.6. The maximum Gasteiger partial charge on any atom is 0.267 e. The molecule has 120 valence electrons. The van der Waals surface area contributed by atoms with Crippen molar-refractivity contribution in [3.05, 3.63) is 47.0 Å². The van der Waals surface area contributed by atoms with E-state index in [1.165, 1.54) is 10.7 Å². The number of carbonyl (C=O) groups is 1. The second-order valence-electron chi connectivity index (χ2n) is 5.64. The molecule has 2 aromatic heterocycles. The quantitative estimate of drug-likeness (QED) is 0.802. The van der Waals surface area contributed by atoms with Crippen LogP contribution in [0.5, 0.6) is 0 Å². The first-order chi connectivity index (χ1) is 11.1. The number of amides is 1. The average molecular weight is 313 g/mol. The van der Waals surface area contributed by atoms with Gasteiger partial charge in [-0.15, -0.1) is 0 Å². The van der Waals surface area contributed by atoms with Gasteiger partial charge in [-0.25, -0.2) is 4.68 Å². The topological polar surface area (TPSA) is 71.3 Å². The number of pyridine rings is 1. The van der Waals surface area contributed by atoms with Crippen molar-refractivity contribution in [2.45, 2.75) is 6.54 Å². The number of aromatic nitrogens is 3. The molecule has 1 amide bonds. The van der Waals surface area contributed by atoms with Gasteiger partial charge < -0.3 is 9.80 Å². The zero-order chi connectivity index (χ0) is 16.2.